The zero-order chi connectivity index (χ0) is 29.4. The van der Waals surface area contributed by atoms with E-state index in [9.17, 15) is 19.5 Å². The number of hydrogen-bond donors (Lipinski definition) is 4. The number of aromatic nitrogens is 1. The topological polar surface area (TPSA) is 124 Å². The first-order valence-electron chi connectivity index (χ1n) is 14.3. The molecule has 0 saturated carbocycles. The Labute approximate surface area is 241 Å². The number of rotatable bonds is 11. The molecule has 4 N–H and O–H groups in total. The standard InChI is InChI=1S/C32H41N5O4/c1-32(2,3)31(41)37(30(40)27-12-8-16-35-27)28(18-22-13-14-23-9-4-5-10-24(23)17-22)29(39)36-21-26(38)20-33-19-25-11-6-7-15-34-25/h4-7,9-11,13-15,17,26-28,33,35,38H,8,12,16,18-21H2,1-3H3,(H,36,39)/t26?,27-,28+/m0/s1. The molecule has 1 unspecified atom stereocenters. The summed E-state index contributed by atoms with van der Waals surface area (Å²) in [6.45, 7) is 6.62. The molecule has 1 aliphatic rings. The normalized spacial score (nSPS) is 16.7. The molecule has 1 saturated heterocycles. The van der Waals surface area contributed by atoms with Gasteiger partial charge in [-0.1, -0.05) is 69.3 Å². The Hall–Kier alpha value is -3.66. The average Bonchev–Trinajstić information content (AvgIpc) is 3.51. The number of hydrogen-bond acceptors (Lipinski definition) is 7. The summed E-state index contributed by atoms with van der Waals surface area (Å²) in [7, 11) is 0. The van der Waals surface area contributed by atoms with Gasteiger partial charge in [-0.05, 0) is 47.9 Å². The summed E-state index contributed by atoms with van der Waals surface area (Å²) >= 11 is 0. The molecule has 0 bridgehead atoms. The van der Waals surface area contributed by atoms with E-state index in [-0.39, 0.29) is 25.4 Å². The number of imide groups is 1. The van der Waals surface area contributed by atoms with Crippen molar-refractivity contribution >= 4 is 28.5 Å². The number of carbonyl (C=O) groups is 3. The molecule has 1 aromatic heterocycles. The van der Waals surface area contributed by atoms with Crippen LogP contribution in [0.15, 0.2) is 66.9 Å². The summed E-state index contributed by atoms with van der Waals surface area (Å²) in [5.41, 5.74) is 0.792. The second-order valence-corrected chi connectivity index (χ2v) is 11.7. The molecular weight excluding hydrogens is 518 g/mol. The highest BCUT2D eigenvalue weighted by Gasteiger charge is 2.42. The van der Waals surface area contributed by atoms with Crippen molar-refractivity contribution in [2.45, 2.75) is 64.8 Å². The molecule has 3 atom stereocenters. The van der Waals surface area contributed by atoms with Crippen molar-refractivity contribution in [2.75, 3.05) is 19.6 Å². The van der Waals surface area contributed by atoms with E-state index in [0.717, 1.165) is 28.5 Å². The molecular formula is C32H41N5O4. The highest BCUT2D eigenvalue weighted by atomic mass is 16.3. The molecule has 1 fully saturated rings. The number of aliphatic hydroxyl groups excluding tert-OH is 1. The number of fused-ring (bicyclic) bond motifs is 1. The average molecular weight is 560 g/mol. The van der Waals surface area contributed by atoms with Gasteiger partial charge in [0.2, 0.25) is 17.7 Å². The third-order valence-electron chi connectivity index (χ3n) is 7.24. The smallest absolute Gasteiger partial charge is 0.247 e. The predicted octanol–water partition coefficient (Wildman–Crippen LogP) is 2.57. The van der Waals surface area contributed by atoms with Gasteiger partial charge >= 0.3 is 0 Å². The van der Waals surface area contributed by atoms with Gasteiger partial charge in [0.05, 0.1) is 17.8 Å². The quantitative estimate of drug-likeness (QED) is 0.285. The van der Waals surface area contributed by atoms with E-state index < -0.39 is 35.4 Å². The van der Waals surface area contributed by atoms with E-state index in [1.807, 2.05) is 60.7 Å². The monoisotopic (exact) mass is 559 g/mol. The number of pyridine rings is 1. The van der Waals surface area contributed by atoms with E-state index in [2.05, 4.69) is 20.9 Å². The van der Waals surface area contributed by atoms with Crippen molar-refractivity contribution in [3.63, 3.8) is 0 Å². The van der Waals surface area contributed by atoms with Crippen molar-refractivity contribution < 1.29 is 19.5 Å². The predicted molar refractivity (Wildman–Crippen MR) is 159 cm³/mol. The van der Waals surface area contributed by atoms with Crippen molar-refractivity contribution in [2.24, 2.45) is 5.41 Å². The van der Waals surface area contributed by atoms with E-state index in [1.165, 1.54) is 4.90 Å². The van der Waals surface area contributed by atoms with Gasteiger partial charge in [-0.15, -0.1) is 0 Å². The van der Waals surface area contributed by atoms with Gasteiger partial charge in [0, 0.05) is 37.7 Å². The lowest BCUT2D eigenvalue weighted by molar-refractivity contribution is -0.157. The van der Waals surface area contributed by atoms with Crippen LogP contribution in [-0.2, 0) is 27.3 Å². The van der Waals surface area contributed by atoms with Crippen molar-refractivity contribution in [1.29, 1.82) is 0 Å². The fourth-order valence-electron chi connectivity index (χ4n) is 4.99. The van der Waals surface area contributed by atoms with Gasteiger partial charge in [0.25, 0.3) is 0 Å². The first-order chi connectivity index (χ1) is 19.6. The molecule has 41 heavy (non-hydrogen) atoms. The number of nitrogens with zero attached hydrogens (tertiary/aromatic N) is 2. The number of aliphatic hydroxyl groups is 1. The van der Waals surface area contributed by atoms with Crippen LogP contribution in [0, 0.1) is 5.41 Å². The third-order valence-corrected chi connectivity index (χ3v) is 7.24. The van der Waals surface area contributed by atoms with Gasteiger partial charge in [-0.2, -0.15) is 0 Å². The molecule has 1 aliphatic heterocycles. The van der Waals surface area contributed by atoms with Gasteiger partial charge < -0.3 is 21.1 Å². The maximum Gasteiger partial charge on any atom is 0.247 e. The SMILES string of the molecule is CC(C)(C)C(=O)N(C(=O)[C@@H]1CCCN1)[C@H](Cc1ccc2ccccc2c1)C(=O)NCC(O)CNCc1ccccn1. The minimum absolute atomic E-state index is 0.0321. The molecule has 2 heterocycles. The molecule has 3 amide bonds. The van der Waals surface area contributed by atoms with Crippen LogP contribution in [0.2, 0.25) is 0 Å². The van der Waals surface area contributed by atoms with Gasteiger partial charge in [0.1, 0.15) is 6.04 Å². The highest BCUT2D eigenvalue weighted by molar-refractivity contribution is 6.04. The Morgan fingerprint density at radius 2 is 1.80 bits per heavy atom. The van der Waals surface area contributed by atoms with Crippen LogP contribution in [0.1, 0.15) is 44.9 Å². The van der Waals surface area contributed by atoms with Crippen molar-refractivity contribution in [3.8, 4) is 0 Å². The van der Waals surface area contributed by atoms with Crippen LogP contribution < -0.4 is 16.0 Å². The summed E-state index contributed by atoms with van der Waals surface area (Å²) < 4.78 is 0. The van der Waals surface area contributed by atoms with Crippen LogP contribution in [0.25, 0.3) is 10.8 Å². The van der Waals surface area contributed by atoms with E-state index >= 15 is 0 Å². The Balaban J connectivity index is 1.54. The van der Waals surface area contributed by atoms with Crippen molar-refractivity contribution in [3.05, 3.63) is 78.1 Å². The summed E-state index contributed by atoms with van der Waals surface area (Å²) in [6.07, 6.45) is 2.43. The highest BCUT2D eigenvalue weighted by Crippen LogP contribution is 2.25. The number of amides is 3. The van der Waals surface area contributed by atoms with Gasteiger partial charge in [-0.25, -0.2) is 0 Å². The second kappa shape index (κ2) is 13.8. The summed E-state index contributed by atoms with van der Waals surface area (Å²) in [4.78, 5) is 46.7. The first-order valence-corrected chi connectivity index (χ1v) is 14.3. The maximum absolute atomic E-state index is 13.8. The largest absolute Gasteiger partial charge is 0.390 e. The zero-order valence-electron chi connectivity index (χ0n) is 24.1. The van der Waals surface area contributed by atoms with Crippen LogP contribution in [0.5, 0.6) is 0 Å². The Morgan fingerprint density at radius 1 is 1.05 bits per heavy atom. The van der Waals surface area contributed by atoms with E-state index in [4.69, 9.17) is 0 Å². The Kier molecular flexibility index (Phi) is 10.2. The maximum atomic E-state index is 13.8. The third kappa shape index (κ3) is 8.19. The lowest BCUT2D eigenvalue weighted by atomic mass is 9.91. The number of nitrogens with one attached hydrogen (secondary N) is 3. The lowest BCUT2D eigenvalue weighted by Gasteiger charge is -2.35. The van der Waals surface area contributed by atoms with Crippen LogP contribution in [0.3, 0.4) is 0 Å². The van der Waals surface area contributed by atoms with Crippen LogP contribution >= 0.6 is 0 Å². The minimum atomic E-state index is -1.08. The van der Waals surface area contributed by atoms with E-state index in [1.54, 1.807) is 27.0 Å². The van der Waals surface area contributed by atoms with Crippen LogP contribution in [-0.4, -0.2) is 70.5 Å². The van der Waals surface area contributed by atoms with E-state index in [0.29, 0.717) is 19.5 Å². The number of carbonyl (C=O) groups excluding carboxylic acids is 3. The number of benzene rings is 2. The summed E-state index contributed by atoms with van der Waals surface area (Å²) in [6, 6.07) is 17.8. The Bertz CT molecular complexity index is 1330. The molecule has 0 aliphatic carbocycles. The lowest BCUT2D eigenvalue weighted by Crippen LogP contribution is -2.60. The Morgan fingerprint density at radius 3 is 2.49 bits per heavy atom. The fraction of sp³-hybridized carbons (Fsp3) is 0.438. The van der Waals surface area contributed by atoms with Gasteiger partial charge in [-0.3, -0.25) is 24.3 Å². The molecule has 4 rings (SSSR count). The van der Waals surface area contributed by atoms with Gasteiger partial charge in [0.15, 0.2) is 0 Å². The molecule has 9 heteroatoms. The molecule has 218 valence electrons. The fourth-order valence-corrected chi connectivity index (χ4v) is 4.99. The zero-order valence-corrected chi connectivity index (χ0v) is 24.1. The second-order valence-electron chi connectivity index (χ2n) is 11.7. The minimum Gasteiger partial charge on any atom is -0.390 e. The summed E-state index contributed by atoms with van der Waals surface area (Å²) in [5, 5.41) is 21.8. The molecule has 2 aromatic carbocycles. The molecule has 0 radical (unpaired) electrons. The van der Waals surface area contributed by atoms with Crippen LogP contribution in [0.4, 0.5) is 0 Å². The van der Waals surface area contributed by atoms with Crippen molar-refractivity contribution in [1.82, 2.24) is 25.8 Å². The molecule has 9 nitrogen and oxygen atoms in total. The molecule has 0 spiro atoms. The summed E-state index contributed by atoms with van der Waals surface area (Å²) in [5.74, 6) is -1.28. The molecule has 3 aromatic rings. The first kappa shape index (κ1) is 30.3.